The van der Waals surface area contributed by atoms with Gasteiger partial charge < -0.3 is 10.2 Å². The average Bonchev–Trinajstić information content (AvgIpc) is 2.93. The van der Waals surface area contributed by atoms with Gasteiger partial charge in [0.15, 0.2) is 0 Å². The third-order valence-electron chi connectivity index (χ3n) is 2.95. The summed E-state index contributed by atoms with van der Waals surface area (Å²) in [6.07, 6.45) is 1.53. The number of nitrogens with zero attached hydrogens (tertiary/aromatic N) is 1. The number of anilines is 1. The Bertz CT molecular complexity index is 669. The summed E-state index contributed by atoms with van der Waals surface area (Å²) in [6.45, 7) is 0.244. The van der Waals surface area contributed by atoms with Crippen LogP contribution < -0.4 is 5.73 Å². The van der Waals surface area contributed by atoms with E-state index in [2.05, 4.69) is 0 Å². The second-order valence-corrected chi connectivity index (χ2v) is 7.87. The highest BCUT2D eigenvalue weighted by Crippen LogP contribution is 2.24. The predicted octanol–water partition coefficient (Wildman–Crippen LogP) is 2.42. The van der Waals surface area contributed by atoms with Gasteiger partial charge in [-0.15, -0.1) is 11.8 Å². The third-order valence-corrected chi connectivity index (χ3v) is 6.10. The molecule has 21 heavy (non-hydrogen) atoms. The van der Waals surface area contributed by atoms with Crippen molar-refractivity contribution in [1.82, 2.24) is 4.31 Å². The minimum atomic E-state index is -3.31. The maximum atomic E-state index is 12.2. The maximum absolute atomic E-state index is 12.2. The summed E-state index contributed by atoms with van der Waals surface area (Å²) in [7, 11) is -1.75. The van der Waals surface area contributed by atoms with Crippen molar-refractivity contribution < 1.29 is 12.8 Å². The Morgan fingerprint density at radius 2 is 2.00 bits per heavy atom. The van der Waals surface area contributed by atoms with Crippen LogP contribution in [-0.2, 0) is 16.6 Å². The highest BCUT2D eigenvalue weighted by atomic mass is 32.2. The second-order valence-electron chi connectivity index (χ2n) is 4.54. The molecule has 0 atom stereocenters. The lowest BCUT2D eigenvalue weighted by Gasteiger charge is -2.15. The molecule has 0 aliphatic heterocycles. The number of para-hydroxylation sites is 1. The highest BCUT2D eigenvalue weighted by molar-refractivity contribution is 8.00. The van der Waals surface area contributed by atoms with Crippen LogP contribution in [0, 0.1) is 0 Å². The smallest absolute Gasteiger partial charge is 0.215 e. The van der Waals surface area contributed by atoms with Gasteiger partial charge in [-0.2, -0.15) is 4.31 Å². The zero-order valence-corrected chi connectivity index (χ0v) is 13.4. The predicted molar refractivity (Wildman–Crippen MR) is 85.5 cm³/mol. The molecule has 1 aromatic carbocycles. The average molecular weight is 326 g/mol. The quantitative estimate of drug-likeness (QED) is 0.624. The fraction of sp³-hybridized carbons (Fsp3) is 0.286. The van der Waals surface area contributed by atoms with Crippen molar-refractivity contribution >= 4 is 27.5 Å². The lowest BCUT2D eigenvalue weighted by molar-refractivity contribution is 0.407. The lowest BCUT2D eigenvalue weighted by Crippen LogP contribution is -2.29. The molecule has 2 aromatic rings. The van der Waals surface area contributed by atoms with E-state index in [4.69, 9.17) is 10.2 Å². The highest BCUT2D eigenvalue weighted by Gasteiger charge is 2.19. The first-order valence-corrected chi connectivity index (χ1v) is 9.02. The van der Waals surface area contributed by atoms with Gasteiger partial charge in [-0.05, 0) is 24.3 Å². The number of thioether (sulfide) groups is 1. The molecule has 5 nitrogen and oxygen atoms in total. The van der Waals surface area contributed by atoms with Crippen LogP contribution in [0.1, 0.15) is 5.76 Å². The van der Waals surface area contributed by atoms with Gasteiger partial charge >= 0.3 is 0 Å². The molecule has 2 rings (SSSR count). The van der Waals surface area contributed by atoms with Crippen molar-refractivity contribution in [2.24, 2.45) is 0 Å². The summed E-state index contributed by atoms with van der Waals surface area (Å²) in [5, 5.41) is 0. The topological polar surface area (TPSA) is 76.5 Å². The third kappa shape index (κ3) is 4.52. The monoisotopic (exact) mass is 326 g/mol. The van der Waals surface area contributed by atoms with Gasteiger partial charge in [-0.3, -0.25) is 0 Å². The van der Waals surface area contributed by atoms with Crippen LogP contribution in [-0.4, -0.2) is 31.3 Å². The van der Waals surface area contributed by atoms with Crippen molar-refractivity contribution in [3.05, 3.63) is 48.4 Å². The van der Waals surface area contributed by atoms with Crippen LogP contribution in [0.5, 0.6) is 0 Å². The molecule has 0 fully saturated rings. The Hall–Kier alpha value is -1.44. The van der Waals surface area contributed by atoms with Crippen LogP contribution in [0.15, 0.2) is 52.0 Å². The lowest BCUT2D eigenvalue weighted by atomic mass is 10.3. The minimum absolute atomic E-state index is 0.0587. The molecular weight excluding hydrogens is 308 g/mol. The number of benzene rings is 1. The Morgan fingerprint density at radius 3 is 2.67 bits per heavy atom. The van der Waals surface area contributed by atoms with Gasteiger partial charge in [0, 0.05) is 23.4 Å². The molecular formula is C14H18N2O3S2. The van der Waals surface area contributed by atoms with E-state index in [1.54, 1.807) is 25.2 Å². The summed E-state index contributed by atoms with van der Waals surface area (Å²) in [5.41, 5.74) is 6.50. The number of rotatable bonds is 7. The Balaban J connectivity index is 1.88. The Kier molecular flexibility index (Phi) is 5.33. The SMILES string of the molecule is CN(Cc1ccco1)S(=O)(=O)CCSc1ccccc1N. The van der Waals surface area contributed by atoms with Crippen molar-refractivity contribution in [2.45, 2.75) is 11.4 Å². The van der Waals surface area contributed by atoms with Gasteiger partial charge in [0.1, 0.15) is 5.76 Å². The van der Waals surface area contributed by atoms with Crippen molar-refractivity contribution in [1.29, 1.82) is 0 Å². The number of nitrogens with two attached hydrogens (primary N) is 1. The van der Waals surface area contributed by atoms with Crippen LogP contribution in [0.3, 0.4) is 0 Å². The van der Waals surface area contributed by atoms with Crippen molar-refractivity contribution in [3.8, 4) is 0 Å². The molecule has 0 radical (unpaired) electrons. The van der Waals surface area contributed by atoms with Crippen LogP contribution >= 0.6 is 11.8 Å². The molecule has 1 aromatic heterocycles. The van der Waals surface area contributed by atoms with E-state index in [-0.39, 0.29) is 12.3 Å². The molecule has 2 N–H and O–H groups in total. The van der Waals surface area contributed by atoms with E-state index in [1.807, 2.05) is 18.2 Å². The standard InChI is InChI=1S/C14H18N2O3S2/c1-16(11-12-5-4-8-19-12)21(17,18)10-9-20-14-7-3-2-6-13(14)15/h2-8H,9-11,15H2,1H3. The number of sulfonamides is 1. The summed E-state index contributed by atoms with van der Waals surface area (Å²) < 4.78 is 30.8. The van der Waals surface area contributed by atoms with E-state index in [0.29, 0.717) is 17.2 Å². The number of nitrogen functional groups attached to an aromatic ring is 1. The fourth-order valence-corrected chi connectivity index (χ4v) is 4.19. The van der Waals surface area contributed by atoms with Crippen molar-refractivity contribution in [3.63, 3.8) is 0 Å². The largest absolute Gasteiger partial charge is 0.468 e. The molecule has 0 spiro atoms. The summed E-state index contributed by atoms with van der Waals surface area (Å²) in [4.78, 5) is 0.904. The van der Waals surface area contributed by atoms with Gasteiger partial charge in [-0.25, -0.2) is 8.42 Å². The molecule has 0 saturated carbocycles. The Labute approximate surface area is 129 Å². The molecule has 114 valence electrons. The van der Waals surface area contributed by atoms with E-state index in [0.717, 1.165) is 4.90 Å². The van der Waals surface area contributed by atoms with Gasteiger partial charge in [0.25, 0.3) is 0 Å². The molecule has 0 bridgehead atoms. The molecule has 0 amide bonds. The first-order valence-electron chi connectivity index (χ1n) is 6.43. The van der Waals surface area contributed by atoms with Crippen LogP contribution in [0.2, 0.25) is 0 Å². The number of hydrogen-bond donors (Lipinski definition) is 1. The molecule has 1 heterocycles. The fourth-order valence-electron chi connectivity index (χ4n) is 1.75. The van der Waals surface area contributed by atoms with E-state index < -0.39 is 10.0 Å². The second kappa shape index (κ2) is 7.02. The van der Waals surface area contributed by atoms with E-state index in [9.17, 15) is 8.42 Å². The summed E-state index contributed by atoms with van der Waals surface area (Å²) >= 11 is 1.45. The molecule has 7 heteroatoms. The van der Waals surface area contributed by atoms with Gasteiger partial charge in [0.2, 0.25) is 10.0 Å². The van der Waals surface area contributed by atoms with E-state index >= 15 is 0 Å². The van der Waals surface area contributed by atoms with E-state index in [1.165, 1.54) is 22.3 Å². The normalized spacial score (nSPS) is 11.9. The van der Waals surface area contributed by atoms with Gasteiger partial charge in [-0.1, -0.05) is 12.1 Å². The van der Waals surface area contributed by atoms with Gasteiger partial charge in [0.05, 0.1) is 18.6 Å². The Morgan fingerprint density at radius 1 is 1.24 bits per heavy atom. The zero-order valence-electron chi connectivity index (χ0n) is 11.7. The number of furan rings is 1. The van der Waals surface area contributed by atoms with Crippen LogP contribution in [0.4, 0.5) is 5.69 Å². The maximum Gasteiger partial charge on any atom is 0.215 e. The summed E-state index contributed by atoms with van der Waals surface area (Å²) in [5.74, 6) is 1.14. The molecule has 0 aliphatic rings. The minimum Gasteiger partial charge on any atom is -0.468 e. The molecule has 0 unspecified atom stereocenters. The first-order chi connectivity index (χ1) is 9.99. The molecule has 0 aliphatic carbocycles. The van der Waals surface area contributed by atoms with Crippen molar-refractivity contribution in [2.75, 3.05) is 24.3 Å². The first kappa shape index (κ1) is 15.9. The molecule has 0 saturated heterocycles. The van der Waals surface area contributed by atoms with Crippen LogP contribution in [0.25, 0.3) is 0 Å². The summed E-state index contributed by atoms with van der Waals surface area (Å²) in [6, 6.07) is 10.9. The number of hydrogen-bond acceptors (Lipinski definition) is 5. The zero-order chi connectivity index (χ0) is 15.3.